The Morgan fingerprint density at radius 2 is 2.00 bits per heavy atom. The van der Waals surface area contributed by atoms with E-state index in [1.807, 2.05) is 13.8 Å². The molecule has 4 aliphatic carbocycles. The van der Waals surface area contributed by atoms with E-state index in [1.54, 1.807) is 6.92 Å². The van der Waals surface area contributed by atoms with Crippen molar-refractivity contribution in [2.45, 2.75) is 95.5 Å². The van der Waals surface area contributed by atoms with Crippen molar-refractivity contribution in [2.24, 2.45) is 22.7 Å². The molecule has 5 rings (SSSR count). The van der Waals surface area contributed by atoms with Gasteiger partial charge in [-0.2, -0.15) is 0 Å². The Bertz CT molecular complexity index is 947. The second-order valence-corrected chi connectivity index (χ2v) is 11.1. The number of Topliss-reactive ketones (excluding diaryl/α,β-unsaturated/α-hetero) is 2. The molecule has 0 aromatic carbocycles. The van der Waals surface area contributed by atoms with Crippen LogP contribution >= 0.6 is 0 Å². The molecule has 33 heavy (non-hydrogen) atoms. The van der Waals surface area contributed by atoms with Crippen LogP contribution in [0, 0.1) is 22.7 Å². The van der Waals surface area contributed by atoms with Crippen molar-refractivity contribution in [3.05, 3.63) is 11.6 Å². The van der Waals surface area contributed by atoms with Gasteiger partial charge in [-0.25, -0.2) is 4.39 Å². The molecule has 0 aromatic rings. The molecule has 2 N–H and O–H groups in total. The summed E-state index contributed by atoms with van der Waals surface area (Å²) in [6.45, 7) is 4.69. The van der Waals surface area contributed by atoms with Crippen molar-refractivity contribution in [2.75, 3.05) is 6.61 Å². The maximum absolute atomic E-state index is 17.3. The van der Waals surface area contributed by atoms with Gasteiger partial charge in [-0.3, -0.25) is 14.4 Å². The Labute approximate surface area is 192 Å². The summed E-state index contributed by atoms with van der Waals surface area (Å²) in [5, 5.41) is 21.3. The normalized spacial score (nSPS) is 50.8. The number of aliphatic hydroxyl groups excluding tert-OH is 2. The van der Waals surface area contributed by atoms with E-state index in [9.17, 15) is 24.6 Å². The largest absolute Gasteiger partial charge is 0.390 e. The van der Waals surface area contributed by atoms with Crippen LogP contribution in [-0.2, 0) is 23.9 Å². The standard InChI is InChI=1S/C25H33FO7/c1-4-5-21-32-20-10-14-15-9-17(29)16-8-13(28)6-7-22(16,2)24(15,26)18(30)11-23(14,3)25(20,33-21)19(31)12-27/h8,14-15,18,20-21,27,30H,4-7,9-12H2,1-3H3/t14-,15-,18-,20+,21+,22-,23-,24-,25+/m0/s1. The summed E-state index contributed by atoms with van der Waals surface area (Å²) < 4.78 is 29.6. The fraction of sp³-hybridized carbons (Fsp3) is 0.800. The summed E-state index contributed by atoms with van der Waals surface area (Å²) in [6, 6.07) is 0. The van der Waals surface area contributed by atoms with Gasteiger partial charge in [0.25, 0.3) is 0 Å². The molecule has 0 radical (unpaired) electrons. The molecule has 9 atom stereocenters. The summed E-state index contributed by atoms with van der Waals surface area (Å²) in [7, 11) is 0. The molecule has 182 valence electrons. The van der Waals surface area contributed by atoms with Crippen molar-refractivity contribution < 1.29 is 38.5 Å². The molecule has 0 amide bonds. The molecule has 1 aliphatic heterocycles. The third-order valence-corrected chi connectivity index (χ3v) is 9.75. The van der Waals surface area contributed by atoms with Gasteiger partial charge < -0.3 is 19.7 Å². The fourth-order valence-corrected chi connectivity index (χ4v) is 8.19. The number of hydrogen-bond donors (Lipinski definition) is 2. The molecule has 0 bridgehead atoms. The number of ketones is 3. The highest BCUT2D eigenvalue weighted by Gasteiger charge is 2.80. The second-order valence-electron chi connectivity index (χ2n) is 11.1. The fourth-order valence-electron chi connectivity index (χ4n) is 8.19. The SMILES string of the molecule is CCC[C@@H]1O[C@@H]2C[C@H]3[C@@H]4CC(=O)C5=CC(=O)CC[C@]5(C)[C@@]4(F)[C@@H](O)C[C@]3(C)[C@]2(C(=O)CO)O1. The third kappa shape index (κ3) is 2.61. The minimum Gasteiger partial charge on any atom is -0.390 e. The van der Waals surface area contributed by atoms with E-state index in [1.165, 1.54) is 6.08 Å². The van der Waals surface area contributed by atoms with Gasteiger partial charge in [0.1, 0.15) is 12.3 Å². The first-order valence-corrected chi connectivity index (χ1v) is 12.1. The number of aliphatic hydroxyl groups is 2. The maximum Gasteiger partial charge on any atom is 0.193 e. The number of fused-ring (bicyclic) bond motifs is 7. The quantitative estimate of drug-likeness (QED) is 0.656. The number of allylic oxidation sites excluding steroid dienone is 1. The highest BCUT2D eigenvalue weighted by Crippen LogP contribution is 2.71. The molecular formula is C25H33FO7. The van der Waals surface area contributed by atoms with Crippen molar-refractivity contribution in [1.29, 1.82) is 0 Å². The maximum atomic E-state index is 17.3. The van der Waals surface area contributed by atoms with E-state index in [-0.39, 0.29) is 42.8 Å². The molecular weight excluding hydrogens is 431 g/mol. The topological polar surface area (TPSA) is 110 Å². The van der Waals surface area contributed by atoms with E-state index < -0.39 is 64.8 Å². The first-order chi connectivity index (χ1) is 15.5. The van der Waals surface area contributed by atoms with Crippen LogP contribution in [-0.4, -0.2) is 63.9 Å². The van der Waals surface area contributed by atoms with E-state index in [0.29, 0.717) is 12.8 Å². The van der Waals surface area contributed by atoms with Gasteiger partial charge in [-0.1, -0.05) is 27.2 Å². The zero-order valence-corrected chi connectivity index (χ0v) is 19.4. The first kappa shape index (κ1) is 23.3. The van der Waals surface area contributed by atoms with E-state index >= 15 is 4.39 Å². The lowest BCUT2D eigenvalue weighted by atomic mass is 9.43. The van der Waals surface area contributed by atoms with E-state index in [2.05, 4.69) is 0 Å². The monoisotopic (exact) mass is 464 g/mol. The lowest BCUT2D eigenvalue weighted by molar-refractivity contribution is -0.236. The third-order valence-electron chi connectivity index (χ3n) is 9.75. The molecule has 4 fully saturated rings. The van der Waals surface area contributed by atoms with Gasteiger partial charge in [0, 0.05) is 35.2 Å². The lowest BCUT2D eigenvalue weighted by Gasteiger charge is -2.63. The summed E-state index contributed by atoms with van der Waals surface area (Å²) >= 11 is 0. The number of rotatable bonds is 4. The van der Waals surface area contributed by atoms with Gasteiger partial charge >= 0.3 is 0 Å². The average Bonchev–Trinajstić information content (AvgIpc) is 3.24. The molecule has 0 spiro atoms. The summed E-state index contributed by atoms with van der Waals surface area (Å²) in [4.78, 5) is 38.5. The number of ether oxygens (including phenoxy) is 2. The minimum atomic E-state index is -2.12. The highest BCUT2D eigenvalue weighted by atomic mass is 19.1. The van der Waals surface area contributed by atoms with Crippen molar-refractivity contribution in [1.82, 2.24) is 0 Å². The van der Waals surface area contributed by atoms with Crippen molar-refractivity contribution in [3.8, 4) is 0 Å². The Balaban J connectivity index is 1.62. The van der Waals surface area contributed by atoms with Gasteiger partial charge in [0.05, 0.1) is 12.2 Å². The lowest BCUT2D eigenvalue weighted by Crippen LogP contribution is -2.71. The number of alkyl halides is 1. The van der Waals surface area contributed by atoms with Crippen LogP contribution < -0.4 is 0 Å². The Hall–Kier alpha value is -1.48. The van der Waals surface area contributed by atoms with Gasteiger partial charge in [-0.05, 0) is 37.7 Å². The van der Waals surface area contributed by atoms with Gasteiger partial charge in [0.2, 0.25) is 0 Å². The summed E-state index contributed by atoms with van der Waals surface area (Å²) in [6.07, 6.45) is 0.284. The van der Waals surface area contributed by atoms with Crippen molar-refractivity contribution >= 4 is 17.3 Å². The molecule has 1 heterocycles. The molecule has 1 saturated heterocycles. The van der Waals surface area contributed by atoms with Crippen LogP contribution in [0.3, 0.4) is 0 Å². The first-order valence-electron chi connectivity index (χ1n) is 12.1. The smallest absolute Gasteiger partial charge is 0.193 e. The van der Waals surface area contributed by atoms with Gasteiger partial charge in [0.15, 0.2) is 29.2 Å². The molecule has 5 aliphatic rings. The zero-order valence-electron chi connectivity index (χ0n) is 19.4. The van der Waals surface area contributed by atoms with Crippen LogP contribution in [0.5, 0.6) is 0 Å². The van der Waals surface area contributed by atoms with E-state index in [0.717, 1.165) is 6.42 Å². The zero-order chi connectivity index (χ0) is 24.0. The van der Waals surface area contributed by atoms with E-state index in [4.69, 9.17) is 9.47 Å². The molecule has 0 aromatic heterocycles. The summed E-state index contributed by atoms with van der Waals surface area (Å²) in [5.41, 5.74) is -5.73. The molecule has 3 saturated carbocycles. The number of hydrogen-bond acceptors (Lipinski definition) is 7. The number of halogens is 1. The highest BCUT2D eigenvalue weighted by molar-refractivity contribution is 6.06. The van der Waals surface area contributed by atoms with Crippen LogP contribution in [0.1, 0.15) is 65.7 Å². The Kier molecular flexibility index (Phi) is 5.12. The second kappa shape index (κ2) is 7.26. The predicted molar refractivity (Wildman–Crippen MR) is 114 cm³/mol. The van der Waals surface area contributed by atoms with Gasteiger partial charge in [-0.15, -0.1) is 0 Å². The van der Waals surface area contributed by atoms with Crippen LogP contribution in [0.4, 0.5) is 4.39 Å². The molecule has 7 nitrogen and oxygen atoms in total. The predicted octanol–water partition coefficient (Wildman–Crippen LogP) is 2.21. The van der Waals surface area contributed by atoms with Crippen LogP contribution in [0.15, 0.2) is 11.6 Å². The molecule has 0 unspecified atom stereocenters. The van der Waals surface area contributed by atoms with Crippen molar-refractivity contribution in [3.63, 3.8) is 0 Å². The minimum absolute atomic E-state index is 0.0554. The van der Waals surface area contributed by atoms with Crippen LogP contribution in [0.2, 0.25) is 0 Å². The Morgan fingerprint density at radius 3 is 2.67 bits per heavy atom. The number of carbonyl (C=O) groups excluding carboxylic acids is 3. The molecule has 8 heteroatoms. The average molecular weight is 465 g/mol. The summed E-state index contributed by atoms with van der Waals surface area (Å²) in [5.74, 6) is -2.30. The number of carbonyl (C=O) groups is 3. The van der Waals surface area contributed by atoms with Crippen LogP contribution in [0.25, 0.3) is 0 Å². The Morgan fingerprint density at radius 1 is 1.27 bits per heavy atom.